The van der Waals surface area contributed by atoms with Crippen LogP contribution in [0.5, 0.6) is 0 Å². The summed E-state index contributed by atoms with van der Waals surface area (Å²) in [5.41, 5.74) is 6.04. The van der Waals surface area contributed by atoms with Gasteiger partial charge in [0.25, 0.3) is 0 Å². The van der Waals surface area contributed by atoms with Gasteiger partial charge in [-0.2, -0.15) is 0 Å². The van der Waals surface area contributed by atoms with Crippen LogP contribution in [0.25, 0.3) is 0 Å². The molecule has 0 saturated carbocycles. The van der Waals surface area contributed by atoms with E-state index in [1.165, 1.54) is 0 Å². The Morgan fingerprint density at radius 3 is 2.33 bits per heavy atom. The van der Waals surface area contributed by atoms with Crippen LogP contribution in [0, 0.1) is 5.41 Å². The summed E-state index contributed by atoms with van der Waals surface area (Å²) in [4.78, 5) is 11.9. The molecule has 104 valence electrons. The Hall–Kier alpha value is -1.03. The van der Waals surface area contributed by atoms with Gasteiger partial charge in [-0.25, -0.2) is 4.79 Å². The fraction of sp³-hybridized carbons (Fsp3) is 0.786. The van der Waals surface area contributed by atoms with Gasteiger partial charge in [-0.3, -0.25) is 9.13 Å². The summed E-state index contributed by atoms with van der Waals surface area (Å²) in [7, 11) is 0. The Kier molecular flexibility index (Phi) is 5.66. The molecule has 0 radical (unpaired) electrons. The summed E-state index contributed by atoms with van der Waals surface area (Å²) < 4.78 is 3.59. The molecular weight excluding hydrogens is 226 g/mol. The van der Waals surface area contributed by atoms with Gasteiger partial charge in [-0.15, -0.1) is 0 Å². The minimum atomic E-state index is 0.120. The summed E-state index contributed by atoms with van der Waals surface area (Å²) in [5, 5.41) is 0. The van der Waals surface area contributed by atoms with Gasteiger partial charge in [0.05, 0.1) is 0 Å². The van der Waals surface area contributed by atoms with Gasteiger partial charge < -0.3 is 5.73 Å². The summed E-state index contributed by atoms with van der Waals surface area (Å²) in [6.45, 7) is 8.81. The number of rotatable bonds is 8. The molecule has 0 saturated heterocycles. The predicted molar refractivity (Wildman–Crippen MR) is 75.7 cm³/mol. The summed E-state index contributed by atoms with van der Waals surface area (Å²) >= 11 is 0. The Labute approximate surface area is 110 Å². The molecule has 0 fully saturated rings. The minimum Gasteiger partial charge on any atom is -0.330 e. The molecule has 1 rings (SSSR count). The van der Waals surface area contributed by atoms with E-state index in [4.69, 9.17) is 5.73 Å². The van der Waals surface area contributed by atoms with Gasteiger partial charge in [0, 0.05) is 25.5 Å². The average Bonchev–Trinajstić information content (AvgIpc) is 2.68. The van der Waals surface area contributed by atoms with Crippen molar-refractivity contribution in [2.45, 2.75) is 59.5 Å². The van der Waals surface area contributed by atoms with Crippen LogP contribution in [0.4, 0.5) is 0 Å². The molecule has 0 spiro atoms. The van der Waals surface area contributed by atoms with Crippen molar-refractivity contribution in [3.05, 3.63) is 22.9 Å². The van der Waals surface area contributed by atoms with E-state index in [9.17, 15) is 4.79 Å². The highest BCUT2D eigenvalue weighted by atomic mass is 16.1. The highest BCUT2D eigenvalue weighted by Crippen LogP contribution is 2.21. The summed E-state index contributed by atoms with van der Waals surface area (Å²) in [6, 6.07) is 0. The molecule has 4 nitrogen and oxygen atoms in total. The molecule has 1 heterocycles. The first-order valence-electron chi connectivity index (χ1n) is 6.96. The van der Waals surface area contributed by atoms with Crippen molar-refractivity contribution < 1.29 is 0 Å². The highest BCUT2D eigenvalue weighted by Gasteiger charge is 2.14. The van der Waals surface area contributed by atoms with Gasteiger partial charge in [0.2, 0.25) is 0 Å². The molecular formula is C14H27N3O. The van der Waals surface area contributed by atoms with Crippen molar-refractivity contribution in [2.24, 2.45) is 11.1 Å². The van der Waals surface area contributed by atoms with Crippen molar-refractivity contribution in [1.82, 2.24) is 9.13 Å². The normalized spacial score (nSPS) is 12.0. The average molecular weight is 253 g/mol. The Balaban J connectivity index is 2.38. The first-order valence-corrected chi connectivity index (χ1v) is 6.96. The van der Waals surface area contributed by atoms with Crippen molar-refractivity contribution >= 4 is 0 Å². The lowest BCUT2D eigenvalue weighted by Crippen LogP contribution is -2.25. The van der Waals surface area contributed by atoms with Crippen LogP contribution in [0.3, 0.4) is 0 Å². The second kappa shape index (κ2) is 6.78. The molecule has 0 aliphatic heterocycles. The number of hydrogen-bond donors (Lipinski definition) is 1. The van der Waals surface area contributed by atoms with Crippen molar-refractivity contribution in [3.8, 4) is 0 Å². The minimum absolute atomic E-state index is 0.120. The Morgan fingerprint density at radius 2 is 1.78 bits per heavy atom. The zero-order valence-electron chi connectivity index (χ0n) is 12.0. The number of aryl methyl sites for hydroxylation is 2. The Bertz CT molecular complexity index is 403. The number of hydrogen-bond acceptors (Lipinski definition) is 2. The van der Waals surface area contributed by atoms with Gasteiger partial charge in [-0.05, 0) is 31.2 Å². The lowest BCUT2D eigenvalue weighted by atomic mass is 9.87. The maximum Gasteiger partial charge on any atom is 0.328 e. The van der Waals surface area contributed by atoms with Crippen molar-refractivity contribution in [1.29, 1.82) is 0 Å². The number of aromatic nitrogens is 2. The summed E-state index contributed by atoms with van der Waals surface area (Å²) in [5.74, 6) is 0. The second-order valence-corrected chi connectivity index (χ2v) is 5.79. The molecule has 18 heavy (non-hydrogen) atoms. The largest absolute Gasteiger partial charge is 0.330 e. The SMILES string of the molecule is CCCn1ccn(CCCCC(C)(C)CN)c1=O. The van der Waals surface area contributed by atoms with E-state index in [2.05, 4.69) is 20.8 Å². The molecule has 0 bridgehead atoms. The van der Waals surface area contributed by atoms with Crippen LogP contribution in [0.15, 0.2) is 17.2 Å². The molecule has 0 aliphatic carbocycles. The first kappa shape index (κ1) is 15.0. The second-order valence-electron chi connectivity index (χ2n) is 5.79. The van der Waals surface area contributed by atoms with E-state index in [-0.39, 0.29) is 11.1 Å². The number of nitrogens with two attached hydrogens (primary N) is 1. The van der Waals surface area contributed by atoms with Crippen molar-refractivity contribution in [3.63, 3.8) is 0 Å². The van der Waals surface area contributed by atoms with E-state index < -0.39 is 0 Å². The molecule has 1 aromatic rings. The van der Waals surface area contributed by atoms with Gasteiger partial charge in [0.1, 0.15) is 0 Å². The highest BCUT2D eigenvalue weighted by molar-refractivity contribution is 4.81. The van der Waals surface area contributed by atoms with Crippen LogP contribution in [-0.4, -0.2) is 15.7 Å². The maximum absolute atomic E-state index is 11.9. The van der Waals surface area contributed by atoms with Crippen molar-refractivity contribution in [2.75, 3.05) is 6.54 Å². The number of unbranched alkanes of at least 4 members (excludes halogenated alkanes) is 1. The lowest BCUT2D eigenvalue weighted by Gasteiger charge is -2.21. The smallest absolute Gasteiger partial charge is 0.328 e. The molecule has 0 aliphatic rings. The van der Waals surface area contributed by atoms with Gasteiger partial charge in [0.15, 0.2) is 0 Å². The van der Waals surface area contributed by atoms with E-state index in [1.54, 1.807) is 4.57 Å². The third-order valence-electron chi connectivity index (χ3n) is 3.44. The van der Waals surface area contributed by atoms with Crippen LogP contribution in [0.1, 0.15) is 46.5 Å². The summed E-state index contributed by atoms with van der Waals surface area (Å²) in [6.07, 6.45) is 8.05. The van der Waals surface area contributed by atoms with E-state index in [0.29, 0.717) is 0 Å². The zero-order chi connectivity index (χ0) is 13.6. The lowest BCUT2D eigenvalue weighted by molar-refractivity contribution is 0.328. The van der Waals surface area contributed by atoms with Crippen LogP contribution < -0.4 is 11.4 Å². The van der Waals surface area contributed by atoms with E-state index in [1.807, 2.05) is 17.0 Å². The molecule has 0 unspecified atom stereocenters. The fourth-order valence-electron chi connectivity index (χ4n) is 2.02. The molecule has 4 heteroatoms. The number of nitrogens with zero attached hydrogens (tertiary/aromatic N) is 2. The predicted octanol–water partition coefficient (Wildman–Crippen LogP) is 2.21. The number of imidazole rings is 1. The molecule has 1 aromatic heterocycles. The van der Waals surface area contributed by atoms with Gasteiger partial charge >= 0.3 is 5.69 Å². The van der Waals surface area contributed by atoms with E-state index in [0.717, 1.165) is 45.3 Å². The van der Waals surface area contributed by atoms with Crippen LogP contribution >= 0.6 is 0 Å². The molecule has 2 N–H and O–H groups in total. The Morgan fingerprint density at radius 1 is 1.17 bits per heavy atom. The standard InChI is InChI=1S/C14H27N3O/c1-4-8-16-10-11-17(13(16)18)9-6-5-7-14(2,3)12-15/h10-11H,4-9,12,15H2,1-3H3. The van der Waals surface area contributed by atoms with Crippen LogP contribution in [-0.2, 0) is 13.1 Å². The molecule has 0 amide bonds. The molecule has 0 aromatic carbocycles. The monoisotopic (exact) mass is 253 g/mol. The third-order valence-corrected chi connectivity index (χ3v) is 3.44. The van der Waals surface area contributed by atoms with Crippen LogP contribution in [0.2, 0.25) is 0 Å². The zero-order valence-corrected chi connectivity index (χ0v) is 12.0. The third kappa shape index (κ3) is 4.33. The quantitative estimate of drug-likeness (QED) is 0.722. The fourth-order valence-corrected chi connectivity index (χ4v) is 2.02. The molecule has 0 atom stereocenters. The van der Waals surface area contributed by atoms with Gasteiger partial charge in [-0.1, -0.05) is 27.2 Å². The maximum atomic E-state index is 11.9. The first-order chi connectivity index (χ1) is 8.50. The topological polar surface area (TPSA) is 52.9 Å². The van der Waals surface area contributed by atoms with E-state index >= 15 is 0 Å².